The van der Waals surface area contributed by atoms with E-state index in [0.29, 0.717) is 5.75 Å². The maximum atomic E-state index is 12.3. The summed E-state index contributed by atoms with van der Waals surface area (Å²) in [5, 5.41) is 2.17. The van der Waals surface area contributed by atoms with Crippen LogP contribution in [-0.2, 0) is 4.79 Å². The van der Waals surface area contributed by atoms with Gasteiger partial charge in [-0.2, -0.15) is 0 Å². The summed E-state index contributed by atoms with van der Waals surface area (Å²) in [6.45, 7) is 8.18. The molecular formula is C19H24N2OS. The van der Waals surface area contributed by atoms with E-state index in [9.17, 15) is 4.79 Å². The molecule has 1 saturated heterocycles. The predicted molar refractivity (Wildman–Crippen MR) is 97.1 cm³/mol. The van der Waals surface area contributed by atoms with Crippen LogP contribution in [0.4, 0.5) is 0 Å². The largest absolute Gasteiger partial charge is 0.342 e. The second kappa shape index (κ2) is 6.91. The smallest absolute Gasteiger partial charge is 0.232 e. The number of fused-ring (bicyclic) bond motifs is 1. The highest BCUT2D eigenvalue weighted by Gasteiger charge is 2.17. The Balaban J connectivity index is 1.77. The molecule has 0 unspecified atom stereocenters. The van der Waals surface area contributed by atoms with Crippen LogP contribution >= 0.6 is 11.8 Å². The lowest BCUT2D eigenvalue weighted by atomic mass is 10.0. The Kier molecular flexibility index (Phi) is 4.90. The number of carbonyl (C=O) groups excluding carboxylic acids is 1. The first kappa shape index (κ1) is 16.3. The lowest BCUT2D eigenvalue weighted by Crippen LogP contribution is -2.36. The van der Waals surface area contributed by atoms with Gasteiger partial charge in [-0.1, -0.05) is 23.4 Å². The molecule has 1 amide bonds. The topological polar surface area (TPSA) is 33.2 Å². The quantitative estimate of drug-likeness (QED) is 0.789. The summed E-state index contributed by atoms with van der Waals surface area (Å²) in [4.78, 5) is 19.1. The van der Waals surface area contributed by atoms with Gasteiger partial charge in [0, 0.05) is 18.5 Å². The van der Waals surface area contributed by atoms with E-state index in [4.69, 9.17) is 4.98 Å². The predicted octanol–water partition coefficient (Wildman–Crippen LogP) is 4.26. The van der Waals surface area contributed by atoms with Gasteiger partial charge in [0.05, 0.1) is 16.3 Å². The van der Waals surface area contributed by atoms with Crippen molar-refractivity contribution in [3.8, 4) is 0 Å². The van der Waals surface area contributed by atoms with Gasteiger partial charge >= 0.3 is 0 Å². The number of benzene rings is 1. The first-order valence-corrected chi connectivity index (χ1v) is 9.32. The Morgan fingerprint density at radius 2 is 1.83 bits per heavy atom. The maximum Gasteiger partial charge on any atom is 0.232 e. The highest BCUT2D eigenvalue weighted by Crippen LogP contribution is 2.27. The first-order chi connectivity index (χ1) is 11.0. The molecule has 0 spiro atoms. The molecule has 0 N–H and O–H groups in total. The van der Waals surface area contributed by atoms with E-state index in [-0.39, 0.29) is 5.91 Å². The molecule has 0 atom stereocenters. The van der Waals surface area contributed by atoms with Crippen molar-refractivity contribution in [1.82, 2.24) is 9.88 Å². The number of likely N-dealkylation sites (tertiary alicyclic amines) is 1. The number of amides is 1. The van der Waals surface area contributed by atoms with E-state index < -0.39 is 0 Å². The highest BCUT2D eigenvalue weighted by atomic mass is 32.2. The van der Waals surface area contributed by atoms with E-state index in [2.05, 4.69) is 39.0 Å². The minimum atomic E-state index is 0.245. The second-order valence-electron chi connectivity index (χ2n) is 6.49. The van der Waals surface area contributed by atoms with Crippen LogP contribution in [0.2, 0.25) is 0 Å². The minimum absolute atomic E-state index is 0.245. The number of carbonyl (C=O) groups is 1. The molecule has 1 aliphatic heterocycles. The lowest BCUT2D eigenvalue weighted by molar-refractivity contribution is -0.129. The third kappa shape index (κ3) is 3.69. The molecule has 0 bridgehead atoms. The van der Waals surface area contributed by atoms with Crippen molar-refractivity contribution in [3.63, 3.8) is 0 Å². The monoisotopic (exact) mass is 328 g/mol. The zero-order valence-electron chi connectivity index (χ0n) is 14.2. The van der Waals surface area contributed by atoms with Crippen LogP contribution < -0.4 is 0 Å². The number of thioether (sulfide) groups is 1. The number of nitrogens with zero attached hydrogens (tertiary/aromatic N) is 2. The summed E-state index contributed by atoms with van der Waals surface area (Å²) >= 11 is 1.56. The fourth-order valence-corrected chi connectivity index (χ4v) is 4.13. The summed E-state index contributed by atoms with van der Waals surface area (Å²) in [5.74, 6) is 0.734. The Bertz CT molecular complexity index is 736. The number of aromatic nitrogens is 1. The van der Waals surface area contributed by atoms with Crippen LogP contribution in [0.25, 0.3) is 10.9 Å². The van der Waals surface area contributed by atoms with Crippen molar-refractivity contribution in [2.24, 2.45) is 0 Å². The van der Waals surface area contributed by atoms with Gasteiger partial charge in [-0.3, -0.25) is 4.79 Å². The van der Waals surface area contributed by atoms with Gasteiger partial charge in [-0.15, -0.1) is 0 Å². The van der Waals surface area contributed by atoms with Gasteiger partial charge in [-0.05, 0) is 63.3 Å². The van der Waals surface area contributed by atoms with Crippen molar-refractivity contribution >= 4 is 28.6 Å². The summed E-state index contributed by atoms with van der Waals surface area (Å²) in [6.07, 6.45) is 3.53. The molecule has 2 aromatic rings. The van der Waals surface area contributed by atoms with Crippen LogP contribution in [0.1, 0.15) is 36.0 Å². The molecule has 3 rings (SSSR count). The summed E-state index contributed by atoms with van der Waals surface area (Å²) in [6, 6.07) is 6.47. The molecule has 3 nitrogen and oxygen atoms in total. The Labute approximate surface area is 142 Å². The number of hydrogen-bond acceptors (Lipinski definition) is 3. The molecule has 0 saturated carbocycles. The minimum Gasteiger partial charge on any atom is -0.342 e. The molecule has 1 fully saturated rings. The average molecular weight is 328 g/mol. The zero-order valence-corrected chi connectivity index (χ0v) is 15.0. The van der Waals surface area contributed by atoms with Crippen LogP contribution in [0.15, 0.2) is 23.2 Å². The molecule has 2 heterocycles. The van der Waals surface area contributed by atoms with Crippen molar-refractivity contribution in [1.29, 1.82) is 0 Å². The highest BCUT2D eigenvalue weighted by molar-refractivity contribution is 7.99. The van der Waals surface area contributed by atoms with Crippen LogP contribution in [0, 0.1) is 20.8 Å². The van der Waals surface area contributed by atoms with Crippen molar-refractivity contribution < 1.29 is 4.79 Å². The normalized spacial score (nSPS) is 15.2. The van der Waals surface area contributed by atoms with Gasteiger partial charge in [0.25, 0.3) is 0 Å². The number of pyridine rings is 1. The van der Waals surface area contributed by atoms with Gasteiger partial charge in [0.1, 0.15) is 0 Å². The fourth-order valence-electron chi connectivity index (χ4n) is 3.26. The van der Waals surface area contributed by atoms with Gasteiger partial charge in [-0.25, -0.2) is 4.98 Å². The van der Waals surface area contributed by atoms with E-state index in [1.807, 2.05) is 4.90 Å². The summed E-state index contributed by atoms with van der Waals surface area (Å²) in [5.41, 5.74) is 4.76. The number of rotatable bonds is 3. The Morgan fingerprint density at radius 3 is 2.57 bits per heavy atom. The second-order valence-corrected chi connectivity index (χ2v) is 7.48. The van der Waals surface area contributed by atoms with E-state index >= 15 is 0 Å². The van der Waals surface area contributed by atoms with Crippen LogP contribution in [0.3, 0.4) is 0 Å². The Hall–Kier alpha value is -1.55. The lowest BCUT2D eigenvalue weighted by Gasteiger charge is -2.26. The first-order valence-electron chi connectivity index (χ1n) is 8.34. The molecule has 4 heteroatoms. The van der Waals surface area contributed by atoms with E-state index in [1.165, 1.54) is 28.5 Å². The molecule has 23 heavy (non-hydrogen) atoms. The van der Waals surface area contributed by atoms with Crippen molar-refractivity contribution in [2.75, 3.05) is 18.8 Å². The molecule has 122 valence electrons. The summed E-state index contributed by atoms with van der Waals surface area (Å²) < 4.78 is 0. The molecule has 0 aliphatic carbocycles. The molecule has 1 aromatic heterocycles. The van der Waals surface area contributed by atoms with Gasteiger partial charge in [0.15, 0.2) is 0 Å². The average Bonchev–Trinajstić information content (AvgIpc) is 2.54. The number of hydrogen-bond donors (Lipinski definition) is 0. The fraction of sp³-hybridized carbons (Fsp3) is 0.474. The number of piperidine rings is 1. The van der Waals surface area contributed by atoms with Crippen molar-refractivity contribution in [3.05, 3.63) is 34.9 Å². The Morgan fingerprint density at radius 1 is 1.09 bits per heavy atom. The standard InChI is InChI=1S/C19H24N2OS/c1-13-9-15(3)19-16(10-13)14(2)11-17(20-19)23-12-18(22)21-7-5-4-6-8-21/h9-11H,4-8,12H2,1-3H3. The third-order valence-corrected chi connectivity index (χ3v) is 5.38. The van der Waals surface area contributed by atoms with E-state index in [0.717, 1.165) is 36.5 Å². The summed E-state index contributed by atoms with van der Waals surface area (Å²) in [7, 11) is 0. The van der Waals surface area contributed by atoms with Gasteiger partial charge < -0.3 is 4.90 Å². The maximum absolute atomic E-state index is 12.3. The number of aryl methyl sites for hydroxylation is 3. The SMILES string of the molecule is Cc1cc(C)c2nc(SCC(=O)N3CCCCC3)cc(C)c2c1. The molecule has 1 aromatic carbocycles. The molecule has 0 radical (unpaired) electrons. The molecular weight excluding hydrogens is 304 g/mol. The third-order valence-electron chi connectivity index (χ3n) is 4.48. The van der Waals surface area contributed by atoms with Gasteiger partial charge in [0.2, 0.25) is 5.91 Å². The van der Waals surface area contributed by atoms with Crippen LogP contribution in [-0.4, -0.2) is 34.6 Å². The van der Waals surface area contributed by atoms with Crippen LogP contribution in [0.5, 0.6) is 0 Å². The zero-order chi connectivity index (χ0) is 16.4. The molecule has 1 aliphatic rings. The van der Waals surface area contributed by atoms with E-state index in [1.54, 1.807) is 11.8 Å². The van der Waals surface area contributed by atoms with Crippen molar-refractivity contribution in [2.45, 2.75) is 45.1 Å².